The zero-order valence-corrected chi connectivity index (χ0v) is 13.3. The van der Waals surface area contributed by atoms with Crippen LogP contribution >= 0.6 is 0 Å². The van der Waals surface area contributed by atoms with E-state index in [2.05, 4.69) is 16.0 Å². The second-order valence-corrected chi connectivity index (χ2v) is 5.17. The van der Waals surface area contributed by atoms with Crippen LogP contribution in [0.1, 0.15) is 12.5 Å². The summed E-state index contributed by atoms with van der Waals surface area (Å²) < 4.78 is 39.3. The van der Waals surface area contributed by atoms with Crippen LogP contribution in [0.5, 0.6) is 0 Å². The van der Waals surface area contributed by atoms with Gasteiger partial charge in [0.15, 0.2) is 0 Å². The first-order valence-electron chi connectivity index (χ1n) is 7.34. The molecule has 0 fully saturated rings. The number of rotatable bonds is 5. The normalized spacial score (nSPS) is 10.9. The largest absolute Gasteiger partial charge is 0.418 e. The van der Waals surface area contributed by atoms with Gasteiger partial charge in [0.1, 0.15) is 0 Å². The molecule has 25 heavy (non-hydrogen) atoms. The smallest absolute Gasteiger partial charge is 0.353 e. The molecule has 0 spiro atoms. The third-order valence-electron chi connectivity index (χ3n) is 3.20. The molecule has 0 atom stereocenters. The minimum atomic E-state index is -4.51. The minimum Gasteiger partial charge on any atom is -0.353 e. The lowest BCUT2D eigenvalue weighted by Gasteiger charge is -2.17. The first-order chi connectivity index (χ1) is 11.8. The highest BCUT2D eigenvalue weighted by atomic mass is 19.4. The zero-order chi connectivity index (χ0) is 18.4. The Balaban J connectivity index is 2.22. The number of benzene rings is 2. The van der Waals surface area contributed by atoms with Crippen LogP contribution in [0.25, 0.3) is 0 Å². The molecule has 0 aliphatic heterocycles. The first-order valence-corrected chi connectivity index (χ1v) is 7.34. The number of hydrogen-bond acceptors (Lipinski definition) is 3. The van der Waals surface area contributed by atoms with E-state index in [0.29, 0.717) is 11.4 Å². The number of carbonyl (C=O) groups is 2. The molecule has 0 heterocycles. The fourth-order valence-electron chi connectivity index (χ4n) is 2.08. The summed E-state index contributed by atoms with van der Waals surface area (Å²) in [6, 6.07) is 11.4. The highest BCUT2D eigenvalue weighted by Crippen LogP contribution is 2.36. The Morgan fingerprint density at radius 2 is 1.48 bits per heavy atom. The van der Waals surface area contributed by atoms with Crippen LogP contribution in [0.4, 0.5) is 30.2 Å². The van der Waals surface area contributed by atoms with Crippen molar-refractivity contribution in [1.82, 2.24) is 5.32 Å². The van der Waals surface area contributed by atoms with Crippen LogP contribution in [0.3, 0.4) is 0 Å². The predicted octanol–water partition coefficient (Wildman–Crippen LogP) is 3.52. The maximum atomic E-state index is 13.1. The lowest BCUT2D eigenvalue weighted by atomic mass is 10.1. The van der Waals surface area contributed by atoms with Gasteiger partial charge in [-0.1, -0.05) is 24.3 Å². The lowest BCUT2D eigenvalue weighted by molar-refractivity contribution is -0.137. The summed E-state index contributed by atoms with van der Waals surface area (Å²) in [6.45, 7) is 1.04. The number of para-hydroxylation sites is 3. The standard InChI is InChI=1S/C17H16F3N3O2/c1-11(24)21-10-16(25)23-15-9-5-4-8-14(15)22-13-7-3-2-6-12(13)17(18,19)20/h2-9,22H,10H2,1H3,(H,21,24)(H,23,25). The van der Waals surface area contributed by atoms with Crippen molar-refractivity contribution >= 4 is 28.9 Å². The molecule has 0 bridgehead atoms. The summed E-state index contributed by atoms with van der Waals surface area (Å²) in [5.74, 6) is -0.853. The van der Waals surface area contributed by atoms with Crippen LogP contribution in [-0.2, 0) is 15.8 Å². The average Bonchev–Trinajstić information content (AvgIpc) is 2.54. The van der Waals surface area contributed by atoms with Crippen LogP contribution in [-0.4, -0.2) is 18.4 Å². The van der Waals surface area contributed by atoms with Gasteiger partial charge in [0.05, 0.1) is 29.2 Å². The molecule has 2 aromatic carbocycles. The number of alkyl halides is 3. The molecule has 5 nitrogen and oxygen atoms in total. The molecule has 0 aliphatic rings. The van der Waals surface area contributed by atoms with Gasteiger partial charge in [0, 0.05) is 6.92 Å². The van der Waals surface area contributed by atoms with E-state index in [9.17, 15) is 22.8 Å². The maximum Gasteiger partial charge on any atom is 0.418 e. The van der Waals surface area contributed by atoms with Crippen LogP contribution in [0.15, 0.2) is 48.5 Å². The highest BCUT2D eigenvalue weighted by molar-refractivity contribution is 5.97. The fourth-order valence-corrected chi connectivity index (χ4v) is 2.08. The van der Waals surface area contributed by atoms with Gasteiger partial charge in [-0.25, -0.2) is 0 Å². The van der Waals surface area contributed by atoms with E-state index in [-0.39, 0.29) is 18.1 Å². The van der Waals surface area contributed by atoms with Crippen LogP contribution in [0.2, 0.25) is 0 Å². The Hall–Kier alpha value is -3.03. The van der Waals surface area contributed by atoms with E-state index in [0.717, 1.165) is 6.07 Å². The highest BCUT2D eigenvalue weighted by Gasteiger charge is 2.33. The minimum absolute atomic E-state index is 0.126. The number of carbonyl (C=O) groups excluding carboxylic acids is 2. The zero-order valence-electron chi connectivity index (χ0n) is 13.3. The van der Waals surface area contributed by atoms with Gasteiger partial charge in [-0.2, -0.15) is 13.2 Å². The van der Waals surface area contributed by atoms with Gasteiger partial charge in [0.2, 0.25) is 11.8 Å². The van der Waals surface area contributed by atoms with E-state index >= 15 is 0 Å². The summed E-state index contributed by atoms with van der Waals surface area (Å²) in [6.07, 6.45) is -4.51. The molecule has 0 unspecified atom stereocenters. The SMILES string of the molecule is CC(=O)NCC(=O)Nc1ccccc1Nc1ccccc1C(F)(F)F. The molecule has 2 amide bonds. The molecule has 8 heteroatoms. The fraction of sp³-hybridized carbons (Fsp3) is 0.176. The van der Waals surface area contributed by atoms with Crippen molar-refractivity contribution in [2.45, 2.75) is 13.1 Å². The second-order valence-electron chi connectivity index (χ2n) is 5.17. The Morgan fingerprint density at radius 3 is 2.08 bits per heavy atom. The van der Waals surface area contributed by atoms with Gasteiger partial charge in [-0.15, -0.1) is 0 Å². The molecule has 2 aromatic rings. The van der Waals surface area contributed by atoms with Crippen LogP contribution < -0.4 is 16.0 Å². The molecule has 0 saturated carbocycles. The molecule has 3 N–H and O–H groups in total. The van der Waals surface area contributed by atoms with E-state index in [1.807, 2.05) is 0 Å². The quantitative estimate of drug-likeness (QED) is 0.772. The number of hydrogen-bond donors (Lipinski definition) is 3. The van der Waals surface area contributed by atoms with Crippen molar-refractivity contribution in [3.8, 4) is 0 Å². The third kappa shape index (κ3) is 5.23. The van der Waals surface area contributed by atoms with E-state index in [1.165, 1.54) is 25.1 Å². The Morgan fingerprint density at radius 1 is 0.920 bits per heavy atom. The van der Waals surface area contributed by atoms with Crippen molar-refractivity contribution in [3.05, 3.63) is 54.1 Å². The molecule has 0 aromatic heterocycles. The average molecular weight is 351 g/mol. The summed E-state index contributed by atoms with van der Waals surface area (Å²) in [4.78, 5) is 22.6. The Labute approximate surface area is 142 Å². The molecule has 0 saturated heterocycles. The molecular formula is C17H16F3N3O2. The van der Waals surface area contributed by atoms with E-state index in [1.54, 1.807) is 24.3 Å². The van der Waals surface area contributed by atoms with Crippen molar-refractivity contribution in [2.24, 2.45) is 0 Å². The van der Waals surface area contributed by atoms with Crippen molar-refractivity contribution in [3.63, 3.8) is 0 Å². The summed E-state index contributed by atoms with van der Waals surface area (Å²) in [7, 11) is 0. The van der Waals surface area contributed by atoms with Crippen molar-refractivity contribution in [2.75, 3.05) is 17.2 Å². The summed E-state index contributed by atoms with van der Waals surface area (Å²) in [5.41, 5.74) is -0.335. The number of halogens is 3. The summed E-state index contributed by atoms with van der Waals surface area (Å²) >= 11 is 0. The molecule has 2 rings (SSSR count). The van der Waals surface area contributed by atoms with Crippen molar-refractivity contribution in [1.29, 1.82) is 0 Å². The van der Waals surface area contributed by atoms with Gasteiger partial charge in [-0.3, -0.25) is 9.59 Å². The van der Waals surface area contributed by atoms with E-state index < -0.39 is 17.6 Å². The summed E-state index contributed by atoms with van der Waals surface area (Å²) in [5, 5.41) is 7.59. The van der Waals surface area contributed by atoms with Crippen LogP contribution in [0, 0.1) is 0 Å². The monoisotopic (exact) mass is 351 g/mol. The molecule has 0 aliphatic carbocycles. The molecular weight excluding hydrogens is 335 g/mol. The second kappa shape index (κ2) is 7.69. The number of amides is 2. The van der Waals surface area contributed by atoms with Gasteiger partial charge in [0.25, 0.3) is 0 Å². The Kier molecular flexibility index (Phi) is 5.63. The van der Waals surface area contributed by atoms with Gasteiger partial charge in [-0.05, 0) is 24.3 Å². The first kappa shape index (κ1) is 18.3. The molecule has 0 radical (unpaired) electrons. The third-order valence-corrected chi connectivity index (χ3v) is 3.20. The van der Waals surface area contributed by atoms with Crippen molar-refractivity contribution < 1.29 is 22.8 Å². The lowest BCUT2D eigenvalue weighted by Crippen LogP contribution is -2.31. The maximum absolute atomic E-state index is 13.1. The predicted molar refractivity (Wildman–Crippen MR) is 88.5 cm³/mol. The van der Waals surface area contributed by atoms with Gasteiger partial charge >= 0.3 is 6.18 Å². The van der Waals surface area contributed by atoms with E-state index in [4.69, 9.17) is 0 Å². The molecule has 132 valence electrons. The Bertz CT molecular complexity index is 776. The topological polar surface area (TPSA) is 70.2 Å². The number of anilines is 3. The number of nitrogens with one attached hydrogen (secondary N) is 3. The van der Waals surface area contributed by atoms with Gasteiger partial charge < -0.3 is 16.0 Å².